The molecule has 0 saturated heterocycles. The average Bonchev–Trinajstić information content (AvgIpc) is 2.10. The van der Waals surface area contributed by atoms with Crippen LogP contribution >= 0.6 is 11.6 Å². The highest BCUT2D eigenvalue weighted by Crippen LogP contribution is 2.07. The molecule has 0 fully saturated rings. The molecule has 1 unspecified atom stereocenters. The first kappa shape index (κ1) is 13.2. The predicted octanol–water partition coefficient (Wildman–Crippen LogP) is 3.42. The van der Waals surface area contributed by atoms with E-state index in [-0.39, 0.29) is 5.38 Å². The molecule has 0 bridgehead atoms. The molecule has 0 amide bonds. The van der Waals surface area contributed by atoms with Gasteiger partial charge in [0.05, 0.1) is 0 Å². The lowest BCUT2D eigenvalue weighted by atomic mass is 10.1. The van der Waals surface area contributed by atoms with Crippen molar-refractivity contribution in [1.29, 1.82) is 0 Å². The van der Waals surface area contributed by atoms with Crippen LogP contribution < -0.4 is 5.32 Å². The summed E-state index contributed by atoms with van der Waals surface area (Å²) in [6, 6.07) is 0. The van der Waals surface area contributed by atoms with Crippen LogP contribution in [0.15, 0.2) is 0 Å². The third-order valence-corrected chi connectivity index (χ3v) is 2.93. The summed E-state index contributed by atoms with van der Waals surface area (Å²) in [6.45, 7) is 8.63. The fourth-order valence-corrected chi connectivity index (χ4v) is 1.26. The van der Waals surface area contributed by atoms with Gasteiger partial charge < -0.3 is 5.32 Å². The van der Waals surface area contributed by atoms with Crippen LogP contribution in [0.2, 0.25) is 0 Å². The van der Waals surface area contributed by atoms with Crippen molar-refractivity contribution in [2.24, 2.45) is 5.92 Å². The van der Waals surface area contributed by atoms with Crippen molar-refractivity contribution in [1.82, 2.24) is 5.32 Å². The van der Waals surface area contributed by atoms with E-state index in [9.17, 15) is 0 Å². The lowest BCUT2D eigenvalue weighted by Gasteiger charge is -2.13. The van der Waals surface area contributed by atoms with E-state index in [1.165, 1.54) is 25.7 Å². The summed E-state index contributed by atoms with van der Waals surface area (Å²) in [7, 11) is 0. The molecule has 0 aliphatic carbocycles. The van der Waals surface area contributed by atoms with E-state index in [1.807, 2.05) is 0 Å². The molecule has 0 aromatic heterocycles. The number of alkyl halides is 1. The van der Waals surface area contributed by atoms with E-state index < -0.39 is 0 Å². The van der Waals surface area contributed by atoms with Crippen molar-refractivity contribution in [2.45, 2.75) is 51.8 Å². The van der Waals surface area contributed by atoms with Gasteiger partial charge in [-0.15, -0.1) is 11.6 Å². The van der Waals surface area contributed by atoms with Crippen LogP contribution in [0.25, 0.3) is 0 Å². The topological polar surface area (TPSA) is 12.0 Å². The monoisotopic (exact) mass is 205 g/mol. The standard InChI is InChI=1S/C11H24ClN/c1-4-5-6-7-8-13-9-11(12)10(2)3/h10-11,13H,4-9H2,1-3H3. The molecular formula is C11H24ClN. The highest BCUT2D eigenvalue weighted by molar-refractivity contribution is 6.20. The molecule has 2 heteroatoms. The summed E-state index contributed by atoms with van der Waals surface area (Å²) in [5, 5.41) is 3.68. The molecule has 0 aliphatic rings. The van der Waals surface area contributed by atoms with Gasteiger partial charge in [-0.05, 0) is 18.9 Å². The highest BCUT2D eigenvalue weighted by Gasteiger charge is 2.07. The molecule has 0 saturated carbocycles. The van der Waals surface area contributed by atoms with Crippen LogP contribution in [0.3, 0.4) is 0 Å². The number of hydrogen-bond acceptors (Lipinski definition) is 1. The molecule has 80 valence electrons. The van der Waals surface area contributed by atoms with Gasteiger partial charge in [-0.3, -0.25) is 0 Å². The van der Waals surface area contributed by atoms with Gasteiger partial charge in [0, 0.05) is 11.9 Å². The second-order valence-corrected chi connectivity index (χ2v) is 4.59. The first-order valence-electron chi connectivity index (χ1n) is 5.53. The van der Waals surface area contributed by atoms with Gasteiger partial charge in [-0.2, -0.15) is 0 Å². The molecular weight excluding hydrogens is 182 g/mol. The number of hydrogen-bond donors (Lipinski definition) is 1. The number of nitrogens with one attached hydrogen (secondary N) is 1. The lowest BCUT2D eigenvalue weighted by Crippen LogP contribution is -2.27. The van der Waals surface area contributed by atoms with Crippen molar-refractivity contribution in [3.63, 3.8) is 0 Å². The summed E-state index contributed by atoms with van der Waals surface area (Å²) >= 11 is 6.09. The largest absolute Gasteiger partial charge is 0.315 e. The molecule has 0 rings (SSSR count). The molecule has 1 N–H and O–H groups in total. The molecule has 1 atom stereocenters. The van der Waals surface area contributed by atoms with Crippen LogP contribution in [-0.4, -0.2) is 18.5 Å². The van der Waals surface area contributed by atoms with Gasteiger partial charge in [-0.25, -0.2) is 0 Å². The van der Waals surface area contributed by atoms with Crippen LogP contribution in [-0.2, 0) is 0 Å². The Hall–Kier alpha value is 0.250. The molecule has 0 spiro atoms. The number of unbranched alkanes of at least 4 members (excludes halogenated alkanes) is 3. The van der Waals surface area contributed by atoms with Gasteiger partial charge in [-0.1, -0.05) is 40.0 Å². The second kappa shape index (κ2) is 8.83. The zero-order valence-electron chi connectivity index (χ0n) is 9.28. The Labute approximate surface area is 88.2 Å². The van der Waals surface area contributed by atoms with E-state index >= 15 is 0 Å². The van der Waals surface area contributed by atoms with Crippen LogP contribution in [0.5, 0.6) is 0 Å². The van der Waals surface area contributed by atoms with Crippen molar-refractivity contribution in [2.75, 3.05) is 13.1 Å². The van der Waals surface area contributed by atoms with Gasteiger partial charge in [0.25, 0.3) is 0 Å². The molecule has 0 heterocycles. The molecule has 0 aromatic rings. The van der Waals surface area contributed by atoms with Crippen LogP contribution in [0.4, 0.5) is 0 Å². The van der Waals surface area contributed by atoms with E-state index in [0.717, 1.165) is 13.1 Å². The van der Waals surface area contributed by atoms with E-state index in [1.54, 1.807) is 0 Å². The molecule has 0 radical (unpaired) electrons. The zero-order valence-corrected chi connectivity index (χ0v) is 10.0. The summed E-state index contributed by atoms with van der Waals surface area (Å²) in [5.74, 6) is 0.574. The minimum atomic E-state index is 0.283. The molecule has 0 aliphatic heterocycles. The van der Waals surface area contributed by atoms with Gasteiger partial charge in [0.2, 0.25) is 0 Å². The predicted molar refractivity (Wildman–Crippen MR) is 61.5 cm³/mol. The maximum Gasteiger partial charge on any atom is 0.0483 e. The third kappa shape index (κ3) is 8.58. The van der Waals surface area contributed by atoms with Crippen molar-refractivity contribution in [3.05, 3.63) is 0 Å². The van der Waals surface area contributed by atoms with E-state index in [0.29, 0.717) is 5.92 Å². The lowest BCUT2D eigenvalue weighted by molar-refractivity contribution is 0.529. The van der Waals surface area contributed by atoms with Crippen molar-refractivity contribution < 1.29 is 0 Å². The zero-order chi connectivity index (χ0) is 10.1. The maximum atomic E-state index is 6.09. The summed E-state index contributed by atoms with van der Waals surface area (Å²) in [4.78, 5) is 0. The Balaban J connectivity index is 3.07. The number of rotatable bonds is 8. The quantitative estimate of drug-likeness (QED) is 0.473. The molecule has 0 aromatic carbocycles. The Morgan fingerprint density at radius 3 is 2.38 bits per heavy atom. The highest BCUT2D eigenvalue weighted by atomic mass is 35.5. The first-order valence-corrected chi connectivity index (χ1v) is 5.97. The van der Waals surface area contributed by atoms with E-state index in [2.05, 4.69) is 26.1 Å². The average molecular weight is 206 g/mol. The minimum absolute atomic E-state index is 0.283. The Kier molecular flexibility index (Phi) is 9.00. The summed E-state index contributed by atoms with van der Waals surface area (Å²) in [6.07, 6.45) is 5.30. The maximum absolute atomic E-state index is 6.09. The fourth-order valence-electron chi connectivity index (χ4n) is 1.15. The van der Waals surface area contributed by atoms with E-state index in [4.69, 9.17) is 11.6 Å². The molecule has 13 heavy (non-hydrogen) atoms. The van der Waals surface area contributed by atoms with Crippen molar-refractivity contribution >= 4 is 11.6 Å². The van der Waals surface area contributed by atoms with Crippen LogP contribution in [0.1, 0.15) is 46.5 Å². The first-order chi connectivity index (χ1) is 6.18. The van der Waals surface area contributed by atoms with Gasteiger partial charge in [0.15, 0.2) is 0 Å². The van der Waals surface area contributed by atoms with Crippen LogP contribution in [0, 0.1) is 5.92 Å². The SMILES string of the molecule is CCCCCCNCC(Cl)C(C)C. The second-order valence-electron chi connectivity index (χ2n) is 4.02. The third-order valence-electron chi connectivity index (χ3n) is 2.27. The normalized spacial score (nSPS) is 13.6. The van der Waals surface area contributed by atoms with Gasteiger partial charge in [0.1, 0.15) is 0 Å². The Morgan fingerprint density at radius 2 is 1.85 bits per heavy atom. The summed E-state index contributed by atoms with van der Waals surface area (Å²) in [5.41, 5.74) is 0. The number of halogens is 1. The molecule has 1 nitrogen and oxygen atoms in total. The van der Waals surface area contributed by atoms with Crippen molar-refractivity contribution in [3.8, 4) is 0 Å². The fraction of sp³-hybridized carbons (Fsp3) is 1.00. The Morgan fingerprint density at radius 1 is 1.15 bits per heavy atom. The summed E-state index contributed by atoms with van der Waals surface area (Å²) < 4.78 is 0. The Bertz CT molecular complexity index is 104. The van der Waals surface area contributed by atoms with Gasteiger partial charge >= 0.3 is 0 Å². The smallest absolute Gasteiger partial charge is 0.0483 e. The minimum Gasteiger partial charge on any atom is -0.315 e.